The number of hydrogen-bond donors (Lipinski definition) is 1. The monoisotopic (exact) mass is 332 g/mol. The fourth-order valence-electron chi connectivity index (χ4n) is 2.83. The quantitative estimate of drug-likeness (QED) is 0.287. The molecule has 1 rings (SSSR count). The lowest BCUT2D eigenvalue weighted by Gasteiger charge is -2.07. The molecular weight excluding hydrogens is 298 g/mol. The Kier molecular flexibility index (Phi) is 12.9. The Labute approximate surface area is 148 Å². The van der Waals surface area contributed by atoms with Crippen molar-refractivity contribution in [3.8, 4) is 5.75 Å². The number of nitrogens with one attached hydrogen (secondary N) is 1. The molecule has 1 aromatic carbocycles. The van der Waals surface area contributed by atoms with Gasteiger partial charge in [0.05, 0.1) is 6.61 Å². The summed E-state index contributed by atoms with van der Waals surface area (Å²) >= 11 is 0. The number of unbranched alkanes of at least 4 members (excludes halogenated alkanes) is 11. The zero-order chi connectivity index (χ0) is 17.3. The summed E-state index contributed by atoms with van der Waals surface area (Å²) in [6.45, 7) is 3.04. The molecular formula is C21H34NO2. The minimum absolute atomic E-state index is 0.739. The normalized spacial score (nSPS) is 10.5. The molecule has 0 fully saturated rings. The van der Waals surface area contributed by atoms with E-state index < -0.39 is 0 Å². The van der Waals surface area contributed by atoms with Gasteiger partial charge < -0.3 is 10.1 Å². The molecule has 0 aromatic heterocycles. The maximum Gasteiger partial charge on any atom is 0.314 e. The molecule has 0 bridgehead atoms. The molecule has 1 N–H and O–H groups in total. The van der Waals surface area contributed by atoms with Gasteiger partial charge in [-0.25, -0.2) is 0 Å². The van der Waals surface area contributed by atoms with E-state index in [4.69, 9.17) is 4.74 Å². The van der Waals surface area contributed by atoms with Gasteiger partial charge in [0.25, 0.3) is 0 Å². The highest BCUT2D eigenvalue weighted by Crippen LogP contribution is 2.16. The number of rotatable bonds is 16. The minimum atomic E-state index is 0.739. The Bertz CT molecular complexity index is 403. The van der Waals surface area contributed by atoms with Crippen molar-refractivity contribution >= 4 is 12.1 Å². The van der Waals surface area contributed by atoms with Crippen molar-refractivity contribution in [1.29, 1.82) is 0 Å². The van der Waals surface area contributed by atoms with Crippen LogP contribution in [0.2, 0.25) is 0 Å². The summed E-state index contributed by atoms with van der Waals surface area (Å²) in [5, 5.41) is 2.49. The molecule has 0 heterocycles. The second-order valence-corrected chi connectivity index (χ2v) is 6.49. The van der Waals surface area contributed by atoms with E-state index >= 15 is 0 Å². The molecule has 0 saturated heterocycles. The Morgan fingerprint density at radius 2 is 1.29 bits per heavy atom. The molecule has 1 radical (unpaired) electrons. The minimum Gasteiger partial charge on any atom is -0.494 e. The zero-order valence-electron chi connectivity index (χ0n) is 15.3. The van der Waals surface area contributed by atoms with Crippen molar-refractivity contribution in [1.82, 2.24) is 0 Å². The highest BCUT2D eigenvalue weighted by atomic mass is 16.5. The molecule has 0 saturated carbocycles. The van der Waals surface area contributed by atoms with E-state index in [0.29, 0.717) is 0 Å². The molecule has 135 valence electrons. The number of ether oxygens (including phenoxy) is 1. The van der Waals surface area contributed by atoms with Gasteiger partial charge in [0.1, 0.15) is 5.75 Å². The first-order valence-corrected chi connectivity index (χ1v) is 9.73. The van der Waals surface area contributed by atoms with Gasteiger partial charge in [-0.2, -0.15) is 0 Å². The predicted molar refractivity (Wildman–Crippen MR) is 102 cm³/mol. The second kappa shape index (κ2) is 15.0. The van der Waals surface area contributed by atoms with E-state index in [1.165, 1.54) is 70.6 Å². The molecule has 0 spiro atoms. The highest BCUT2D eigenvalue weighted by Gasteiger charge is 1.96. The largest absolute Gasteiger partial charge is 0.494 e. The van der Waals surface area contributed by atoms with Crippen molar-refractivity contribution in [2.24, 2.45) is 0 Å². The number of benzene rings is 1. The fourth-order valence-corrected chi connectivity index (χ4v) is 2.83. The van der Waals surface area contributed by atoms with Crippen LogP contribution in [0, 0.1) is 0 Å². The van der Waals surface area contributed by atoms with Crippen LogP contribution in [0.1, 0.15) is 84.0 Å². The van der Waals surface area contributed by atoms with Crippen molar-refractivity contribution in [2.45, 2.75) is 84.0 Å². The third-order valence-corrected chi connectivity index (χ3v) is 4.32. The second-order valence-electron chi connectivity index (χ2n) is 6.49. The van der Waals surface area contributed by atoms with Crippen molar-refractivity contribution in [2.75, 3.05) is 11.9 Å². The van der Waals surface area contributed by atoms with E-state index in [0.717, 1.165) is 24.5 Å². The number of anilines is 1. The summed E-state index contributed by atoms with van der Waals surface area (Å²) in [6.07, 6.45) is 17.9. The summed E-state index contributed by atoms with van der Waals surface area (Å²) in [5.41, 5.74) is 0.739. The van der Waals surface area contributed by atoms with Crippen LogP contribution in [0.3, 0.4) is 0 Å². The summed E-state index contributed by atoms with van der Waals surface area (Å²) in [6, 6.07) is 7.39. The summed E-state index contributed by atoms with van der Waals surface area (Å²) < 4.78 is 5.70. The van der Waals surface area contributed by atoms with Gasteiger partial charge in [0, 0.05) is 5.69 Å². The molecule has 1 amide bonds. The van der Waals surface area contributed by atoms with E-state index in [1.54, 1.807) is 6.41 Å². The van der Waals surface area contributed by atoms with E-state index in [1.807, 2.05) is 24.3 Å². The van der Waals surface area contributed by atoms with Gasteiger partial charge in [-0.15, -0.1) is 0 Å². The lowest BCUT2D eigenvalue weighted by Crippen LogP contribution is -1.98. The van der Waals surface area contributed by atoms with Gasteiger partial charge >= 0.3 is 6.41 Å². The van der Waals surface area contributed by atoms with Gasteiger partial charge in [0.2, 0.25) is 0 Å². The Morgan fingerprint density at radius 3 is 1.79 bits per heavy atom. The van der Waals surface area contributed by atoms with Gasteiger partial charge in [-0.3, -0.25) is 4.79 Å². The van der Waals surface area contributed by atoms with Crippen LogP contribution in [0.25, 0.3) is 0 Å². The molecule has 0 aliphatic rings. The van der Waals surface area contributed by atoms with Crippen molar-refractivity contribution < 1.29 is 9.53 Å². The lowest BCUT2D eigenvalue weighted by molar-refractivity contribution is 0.304. The average Bonchev–Trinajstić information content (AvgIpc) is 2.60. The Hall–Kier alpha value is -1.51. The number of amides is 1. The summed E-state index contributed by atoms with van der Waals surface area (Å²) in [4.78, 5) is 10.2. The molecule has 0 aliphatic heterocycles. The molecule has 3 nitrogen and oxygen atoms in total. The molecule has 24 heavy (non-hydrogen) atoms. The van der Waals surface area contributed by atoms with Crippen LogP contribution in [-0.4, -0.2) is 13.0 Å². The van der Waals surface area contributed by atoms with Gasteiger partial charge in [-0.05, 0) is 30.7 Å². The molecule has 0 atom stereocenters. The lowest BCUT2D eigenvalue weighted by atomic mass is 10.1. The Morgan fingerprint density at radius 1 is 0.792 bits per heavy atom. The molecule has 0 aliphatic carbocycles. The van der Waals surface area contributed by atoms with E-state index in [2.05, 4.69) is 12.2 Å². The van der Waals surface area contributed by atoms with Crippen LogP contribution in [0.15, 0.2) is 24.3 Å². The maximum atomic E-state index is 10.2. The van der Waals surface area contributed by atoms with Gasteiger partial charge in [-0.1, -0.05) is 77.6 Å². The average molecular weight is 333 g/mol. The van der Waals surface area contributed by atoms with Crippen LogP contribution in [0.5, 0.6) is 5.75 Å². The SMILES string of the molecule is CCCCCCCCCCCCCCOc1ccc(N[C]=O)cc1. The maximum absolute atomic E-state index is 10.2. The van der Waals surface area contributed by atoms with Crippen molar-refractivity contribution in [3.05, 3.63) is 24.3 Å². The smallest absolute Gasteiger partial charge is 0.314 e. The standard InChI is InChI=1S/C21H34NO2/c1-2-3-4-5-6-7-8-9-10-11-12-13-18-24-21-16-14-20(15-17-21)22-19-23/h14-17H,2-13,18H2,1H3,(H,22,23). The van der Waals surface area contributed by atoms with E-state index in [-0.39, 0.29) is 0 Å². The third kappa shape index (κ3) is 11.1. The summed E-state index contributed by atoms with van der Waals surface area (Å²) in [5.74, 6) is 0.856. The fraction of sp³-hybridized carbons (Fsp3) is 0.667. The highest BCUT2D eigenvalue weighted by molar-refractivity contribution is 5.71. The molecule has 3 heteroatoms. The van der Waals surface area contributed by atoms with Crippen molar-refractivity contribution in [3.63, 3.8) is 0 Å². The van der Waals surface area contributed by atoms with E-state index in [9.17, 15) is 4.79 Å². The first-order chi connectivity index (χ1) is 11.9. The van der Waals surface area contributed by atoms with Crippen LogP contribution in [-0.2, 0) is 4.79 Å². The molecule has 1 aromatic rings. The first-order valence-electron chi connectivity index (χ1n) is 9.73. The van der Waals surface area contributed by atoms with Crippen LogP contribution >= 0.6 is 0 Å². The number of carbonyl (C=O) groups excluding carboxylic acids is 1. The van der Waals surface area contributed by atoms with Crippen LogP contribution < -0.4 is 10.1 Å². The summed E-state index contributed by atoms with van der Waals surface area (Å²) in [7, 11) is 0. The predicted octanol–water partition coefficient (Wildman–Crippen LogP) is 6.25. The number of hydrogen-bond acceptors (Lipinski definition) is 2. The topological polar surface area (TPSA) is 38.3 Å². The molecule has 0 unspecified atom stereocenters. The first kappa shape index (κ1) is 20.5. The Balaban J connectivity index is 1.86. The zero-order valence-corrected chi connectivity index (χ0v) is 15.3. The third-order valence-electron chi connectivity index (χ3n) is 4.32. The van der Waals surface area contributed by atoms with Crippen LogP contribution in [0.4, 0.5) is 5.69 Å². The van der Waals surface area contributed by atoms with Gasteiger partial charge in [0.15, 0.2) is 0 Å².